The third kappa shape index (κ3) is 0.942. The van der Waals surface area contributed by atoms with E-state index in [1.165, 1.54) is 6.07 Å². The molecule has 0 saturated carbocycles. The highest BCUT2D eigenvalue weighted by Gasteiger charge is 2.21. The summed E-state index contributed by atoms with van der Waals surface area (Å²) < 4.78 is 13.1. The lowest BCUT2D eigenvalue weighted by Crippen LogP contribution is -2.07. The van der Waals surface area contributed by atoms with Crippen molar-refractivity contribution in [3.63, 3.8) is 0 Å². The maximum Gasteiger partial charge on any atom is 0.128 e. The molecule has 1 atom stereocenters. The third-order valence-electron chi connectivity index (χ3n) is 2.24. The van der Waals surface area contributed by atoms with Crippen molar-refractivity contribution in [3.05, 3.63) is 35.1 Å². The van der Waals surface area contributed by atoms with Crippen LogP contribution in [0.3, 0.4) is 0 Å². The van der Waals surface area contributed by atoms with Crippen molar-refractivity contribution in [2.24, 2.45) is 5.73 Å². The standard InChI is InChI=1S/C9H10FN/c10-7-3-1-2-6-4-5-8(11)9(6)7/h1-3,8H,4-5,11H2. The van der Waals surface area contributed by atoms with Gasteiger partial charge in [-0.2, -0.15) is 0 Å². The summed E-state index contributed by atoms with van der Waals surface area (Å²) in [6, 6.07) is 5.09. The molecule has 0 aliphatic heterocycles. The number of hydrogen-bond donors (Lipinski definition) is 1. The molecule has 1 unspecified atom stereocenters. The molecule has 1 aliphatic rings. The molecule has 0 spiro atoms. The summed E-state index contributed by atoms with van der Waals surface area (Å²) in [5, 5.41) is 0. The Labute approximate surface area is 65.0 Å². The minimum absolute atomic E-state index is 0.0776. The van der Waals surface area contributed by atoms with Gasteiger partial charge in [0, 0.05) is 11.6 Å². The Balaban J connectivity index is 2.58. The van der Waals surface area contributed by atoms with E-state index in [1.54, 1.807) is 6.07 Å². The molecule has 58 valence electrons. The first-order valence-corrected chi connectivity index (χ1v) is 3.82. The zero-order valence-electron chi connectivity index (χ0n) is 6.18. The monoisotopic (exact) mass is 151 g/mol. The molecule has 0 radical (unpaired) electrons. The number of aryl methyl sites for hydroxylation is 1. The van der Waals surface area contributed by atoms with Gasteiger partial charge in [-0.1, -0.05) is 12.1 Å². The average molecular weight is 151 g/mol. The maximum atomic E-state index is 13.1. The fourth-order valence-electron chi connectivity index (χ4n) is 1.67. The van der Waals surface area contributed by atoms with Crippen molar-refractivity contribution in [3.8, 4) is 0 Å². The molecular formula is C9H10FN. The molecule has 0 amide bonds. The van der Waals surface area contributed by atoms with E-state index < -0.39 is 0 Å². The Kier molecular flexibility index (Phi) is 1.43. The van der Waals surface area contributed by atoms with E-state index in [0.29, 0.717) is 0 Å². The topological polar surface area (TPSA) is 26.0 Å². The van der Waals surface area contributed by atoms with Crippen LogP contribution in [0.1, 0.15) is 23.6 Å². The maximum absolute atomic E-state index is 13.1. The van der Waals surface area contributed by atoms with Crippen molar-refractivity contribution in [2.45, 2.75) is 18.9 Å². The van der Waals surface area contributed by atoms with E-state index in [4.69, 9.17) is 5.73 Å². The van der Waals surface area contributed by atoms with E-state index in [2.05, 4.69) is 0 Å². The lowest BCUT2D eigenvalue weighted by atomic mass is 10.1. The van der Waals surface area contributed by atoms with Crippen molar-refractivity contribution in [1.29, 1.82) is 0 Å². The quantitative estimate of drug-likeness (QED) is 0.600. The van der Waals surface area contributed by atoms with Crippen molar-refractivity contribution in [2.75, 3.05) is 0 Å². The first-order valence-electron chi connectivity index (χ1n) is 3.82. The van der Waals surface area contributed by atoms with Gasteiger partial charge in [0.1, 0.15) is 5.82 Å². The smallest absolute Gasteiger partial charge is 0.128 e. The molecule has 0 bridgehead atoms. The molecule has 0 saturated heterocycles. The minimum atomic E-state index is -0.146. The van der Waals surface area contributed by atoms with Gasteiger partial charge in [-0.15, -0.1) is 0 Å². The van der Waals surface area contributed by atoms with Crippen molar-refractivity contribution in [1.82, 2.24) is 0 Å². The lowest BCUT2D eigenvalue weighted by molar-refractivity contribution is 0.589. The Morgan fingerprint density at radius 3 is 3.00 bits per heavy atom. The van der Waals surface area contributed by atoms with Gasteiger partial charge in [0.05, 0.1) is 0 Å². The predicted molar refractivity (Wildman–Crippen MR) is 41.6 cm³/mol. The highest BCUT2D eigenvalue weighted by atomic mass is 19.1. The van der Waals surface area contributed by atoms with E-state index >= 15 is 0 Å². The van der Waals surface area contributed by atoms with E-state index in [9.17, 15) is 4.39 Å². The number of halogens is 1. The average Bonchev–Trinajstić information content (AvgIpc) is 2.34. The molecule has 1 nitrogen and oxygen atoms in total. The minimum Gasteiger partial charge on any atom is -0.324 e. The Hall–Kier alpha value is -0.890. The Morgan fingerprint density at radius 1 is 1.45 bits per heavy atom. The molecule has 1 aromatic carbocycles. The largest absolute Gasteiger partial charge is 0.324 e. The van der Waals surface area contributed by atoms with Gasteiger partial charge >= 0.3 is 0 Å². The first-order chi connectivity index (χ1) is 5.29. The Bertz CT molecular complexity index is 283. The SMILES string of the molecule is NC1CCc2cccc(F)c21. The van der Waals surface area contributed by atoms with Crippen LogP contribution >= 0.6 is 0 Å². The molecule has 0 fully saturated rings. The number of nitrogens with two attached hydrogens (primary N) is 1. The highest BCUT2D eigenvalue weighted by molar-refractivity contribution is 5.35. The second-order valence-corrected chi connectivity index (χ2v) is 2.96. The summed E-state index contributed by atoms with van der Waals surface area (Å²) in [4.78, 5) is 0. The number of rotatable bonds is 0. The van der Waals surface area contributed by atoms with Crippen LogP contribution in [0.15, 0.2) is 18.2 Å². The van der Waals surface area contributed by atoms with Crippen LogP contribution in [0, 0.1) is 5.82 Å². The van der Waals surface area contributed by atoms with E-state index in [1.807, 2.05) is 6.07 Å². The molecule has 11 heavy (non-hydrogen) atoms. The van der Waals surface area contributed by atoms with Gasteiger partial charge in [-0.25, -0.2) is 4.39 Å². The highest BCUT2D eigenvalue weighted by Crippen LogP contribution is 2.30. The zero-order chi connectivity index (χ0) is 7.84. The summed E-state index contributed by atoms with van der Waals surface area (Å²) in [6.45, 7) is 0. The molecule has 0 aromatic heterocycles. The molecular weight excluding hydrogens is 141 g/mol. The van der Waals surface area contributed by atoms with E-state index in [0.717, 1.165) is 24.0 Å². The van der Waals surface area contributed by atoms with Crippen LogP contribution < -0.4 is 5.73 Å². The van der Waals surface area contributed by atoms with Crippen molar-refractivity contribution >= 4 is 0 Å². The zero-order valence-corrected chi connectivity index (χ0v) is 6.18. The number of hydrogen-bond acceptors (Lipinski definition) is 1. The lowest BCUT2D eigenvalue weighted by Gasteiger charge is -2.04. The van der Waals surface area contributed by atoms with Gasteiger partial charge in [0.2, 0.25) is 0 Å². The molecule has 2 N–H and O–H groups in total. The predicted octanol–water partition coefficient (Wildman–Crippen LogP) is 1.77. The van der Waals surface area contributed by atoms with Crippen LogP contribution in [0.5, 0.6) is 0 Å². The molecule has 2 rings (SSSR count). The molecule has 2 heteroatoms. The van der Waals surface area contributed by atoms with E-state index in [-0.39, 0.29) is 11.9 Å². The van der Waals surface area contributed by atoms with Crippen molar-refractivity contribution < 1.29 is 4.39 Å². The van der Waals surface area contributed by atoms with Gasteiger partial charge in [0.15, 0.2) is 0 Å². The summed E-state index contributed by atoms with van der Waals surface area (Å²) in [5.74, 6) is -0.146. The first kappa shape index (κ1) is 6.80. The third-order valence-corrected chi connectivity index (χ3v) is 2.24. The van der Waals surface area contributed by atoms with Gasteiger partial charge in [-0.05, 0) is 24.5 Å². The Morgan fingerprint density at radius 2 is 2.27 bits per heavy atom. The van der Waals surface area contributed by atoms with Gasteiger partial charge in [0.25, 0.3) is 0 Å². The number of fused-ring (bicyclic) bond motifs is 1. The summed E-state index contributed by atoms with van der Waals surface area (Å²) in [7, 11) is 0. The van der Waals surface area contributed by atoms with Gasteiger partial charge < -0.3 is 5.73 Å². The molecule has 1 aliphatic carbocycles. The molecule has 0 heterocycles. The van der Waals surface area contributed by atoms with Crippen LogP contribution in [0.4, 0.5) is 4.39 Å². The summed E-state index contributed by atoms with van der Waals surface area (Å²) in [6.07, 6.45) is 1.81. The van der Waals surface area contributed by atoms with Crippen LogP contribution in [0.25, 0.3) is 0 Å². The number of benzene rings is 1. The van der Waals surface area contributed by atoms with Gasteiger partial charge in [-0.3, -0.25) is 0 Å². The van der Waals surface area contributed by atoms with Crippen LogP contribution in [-0.2, 0) is 6.42 Å². The second kappa shape index (κ2) is 2.31. The van der Waals surface area contributed by atoms with Crippen LogP contribution in [0.2, 0.25) is 0 Å². The second-order valence-electron chi connectivity index (χ2n) is 2.96. The summed E-state index contributed by atoms with van der Waals surface area (Å²) >= 11 is 0. The fourth-order valence-corrected chi connectivity index (χ4v) is 1.67. The molecule has 1 aromatic rings. The normalized spacial score (nSPS) is 21.8. The fraction of sp³-hybridized carbons (Fsp3) is 0.333. The summed E-state index contributed by atoms with van der Waals surface area (Å²) in [5.41, 5.74) is 7.52. The van der Waals surface area contributed by atoms with Crippen LogP contribution in [-0.4, -0.2) is 0 Å².